The van der Waals surface area contributed by atoms with Crippen LogP contribution in [0, 0.1) is 0 Å². The van der Waals surface area contributed by atoms with Crippen molar-refractivity contribution in [1.82, 2.24) is 19.9 Å². The first-order chi connectivity index (χ1) is 12.3. The third-order valence-electron chi connectivity index (χ3n) is 4.40. The maximum atomic E-state index is 13.2. The average Bonchev–Trinajstić information content (AvgIpc) is 3.14. The largest absolute Gasteiger partial charge is 0.433 e. The van der Waals surface area contributed by atoms with Gasteiger partial charge in [0.2, 0.25) is 5.95 Å². The Balaban J connectivity index is 1.75. The number of hydrogen-bond donors (Lipinski definition) is 0. The Morgan fingerprint density at radius 2 is 1.85 bits per heavy atom. The highest BCUT2D eigenvalue weighted by atomic mass is 32.1. The second-order valence-corrected chi connectivity index (χ2v) is 7.30. The number of halogens is 3. The van der Waals surface area contributed by atoms with Gasteiger partial charge >= 0.3 is 6.18 Å². The summed E-state index contributed by atoms with van der Waals surface area (Å²) in [5.74, 6) is 0.381. The molecule has 3 heterocycles. The predicted molar refractivity (Wildman–Crippen MR) is 95.7 cm³/mol. The maximum absolute atomic E-state index is 13.2. The van der Waals surface area contributed by atoms with E-state index < -0.39 is 11.9 Å². The Bertz CT molecular complexity index is 726. The Morgan fingerprint density at radius 3 is 2.38 bits per heavy atom. The number of thiazole rings is 1. The molecule has 2 aromatic heterocycles. The van der Waals surface area contributed by atoms with Crippen molar-refractivity contribution in [3.63, 3.8) is 0 Å². The van der Waals surface area contributed by atoms with Gasteiger partial charge in [-0.05, 0) is 6.92 Å². The fraction of sp³-hybridized carbons (Fsp3) is 0.562. The lowest BCUT2D eigenvalue weighted by Gasteiger charge is -2.37. The number of aromatic nitrogens is 3. The highest BCUT2D eigenvalue weighted by Gasteiger charge is 2.35. The van der Waals surface area contributed by atoms with Crippen molar-refractivity contribution in [2.24, 2.45) is 0 Å². The van der Waals surface area contributed by atoms with Crippen molar-refractivity contribution in [2.45, 2.75) is 19.1 Å². The van der Waals surface area contributed by atoms with Crippen LogP contribution in [0.3, 0.4) is 0 Å². The van der Waals surface area contributed by atoms with Gasteiger partial charge in [-0.15, -0.1) is 11.3 Å². The summed E-state index contributed by atoms with van der Waals surface area (Å²) in [5, 5.41) is 2.99. The molecule has 0 aliphatic carbocycles. The molecule has 0 amide bonds. The first-order valence-corrected chi connectivity index (χ1v) is 9.15. The summed E-state index contributed by atoms with van der Waals surface area (Å²) < 4.78 is 39.5. The van der Waals surface area contributed by atoms with Crippen molar-refractivity contribution < 1.29 is 13.2 Å². The summed E-state index contributed by atoms with van der Waals surface area (Å²) in [4.78, 5) is 18.1. The second-order valence-electron chi connectivity index (χ2n) is 6.37. The molecule has 0 aromatic carbocycles. The molecule has 1 aliphatic heterocycles. The Kier molecular flexibility index (Phi) is 5.33. The number of nitrogens with zero attached hydrogens (tertiary/aromatic N) is 6. The summed E-state index contributed by atoms with van der Waals surface area (Å²) in [5.41, 5.74) is -0.912. The number of piperazine rings is 1. The van der Waals surface area contributed by atoms with E-state index in [4.69, 9.17) is 0 Å². The molecule has 142 valence electrons. The molecule has 1 atom stereocenters. The van der Waals surface area contributed by atoms with Gasteiger partial charge in [-0.1, -0.05) is 0 Å². The van der Waals surface area contributed by atoms with E-state index in [1.807, 2.05) is 10.3 Å². The van der Waals surface area contributed by atoms with Crippen molar-refractivity contribution in [1.29, 1.82) is 0 Å². The average molecular weight is 386 g/mol. The SMILES string of the molecule is CC(c1nccs1)N1CCN(c2nc(N(C)C)cc(C(F)(F)F)n2)CC1. The monoisotopic (exact) mass is 386 g/mol. The van der Waals surface area contributed by atoms with E-state index in [0.29, 0.717) is 13.1 Å². The van der Waals surface area contributed by atoms with Crippen LogP contribution in [0.4, 0.5) is 24.9 Å². The fourth-order valence-corrected chi connectivity index (χ4v) is 3.57. The van der Waals surface area contributed by atoms with E-state index in [9.17, 15) is 13.2 Å². The van der Waals surface area contributed by atoms with Gasteiger partial charge in [0.25, 0.3) is 0 Å². The van der Waals surface area contributed by atoms with Crippen molar-refractivity contribution in [3.05, 3.63) is 28.3 Å². The molecule has 0 N–H and O–H groups in total. The summed E-state index contributed by atoms with van der Waals surface area (Å²) in [6.07, 6.45) is -2.71. The van der Waals surface area contributed by atoms with Gasteiger partial charge in [0.1, 0.15) is 10.8 Å². The number of rotatable bonds is 4. The summed E-state index contributed by atoms with van der Waals surface area (Å²) in [6.45, 7) is 4.68. The van der Waals surface area contributed by atoms with Crippen LogP contribution >= 0.6 is 11.3 Å². The maximum Gasteiger partial charge on any atom is 0.433 e. The molecular weight excluding hydrogens is 365 g/mol. The minimum atomic E-state index is -4.50. The van der Waals surface area contributed by atoms with Gasteiger partial charge in [-0.25, -0.2) is 9.97 Å². The lowest BCUT2D eigenvalue weighted by atomic mass is 10.2. The minimum absolute atomic E-state index is 0.130. The highest BCUT2D eigenvalue weighted by molar-refractivity contribution is 7.09. The zero-order chi connectivity index (χ0) is 18.9. The van der Waals surface area contributed by atoms with E-state index in [2.05, 4.69) is 26.8 Å². The molecule has 1 saturated heterocycles. The normalized spacial score (nSPS) is 17.4. The van der Waals surface area contributed by atoms with Gasteiger partial charge in [-0.3, -0.25) is 4.90 Å². The smallest absolute Gasteiger partial charge is 0.363 e. The molecule has 0 spiro atoms. The fourth-order valence-electron chi connectivity index (χ4n) is 2.84. The van der Waals surface area contributed by atoms with Crippen molar-refractivity contribution in [2.75, 3.05) is 50.1 Å². The van der Waals surface area contributed by atoms with Gasteiger partial charge in [0.15, 0.2) is 5.69 Å². The van der Waals surface area contributed by atoms with E-state index >= 15 is 0 Å². The molecule has 10 heteroatoms. The van der Waals surface area contributed by atoms with Crippen LogP contribution in [-0.4, -0.2) is 60.1 Å². The van der Waals surface area contributed by atoms with Gasteiger partial charge < -0.3 is 9.80 Å². The molecule has 26 heavy (non-hydrogen) atoms. The Morgan fingerprint density at radius 1 is 1.15 bits per heavy atom. The zero-order valence-electron chi connectivity index (χ0n) is 14.9. The lowest BCUT2D eigenvalue weighted by molar-refractivity contribution is -0.141. The molecule has 0 saturated carbocycles. The molecule has 3 rings (SSSR count). The predicted octanol–water partition coefficient (Wildman–Crippen LogP) is 2.90. The molecule has 1 unspecified atom stereocenters. The van der Waals surface area contributed by atoms with Gasteiger partial charge in [-0.2, -0.15) is 18.2 Å². The highest BCUT2D eigenvalue weighted by Crippen LogP contribution is 2.31. The lowest BCUT2D eigenvalue weighted by Crippen LogP contribution is -2.47. The third kappa shape index (κ3) is 4.07. The molecule has 1 fully saturated rings. The number of anilines is 2. The first-order valence-electron chi connectivity index (χ1n) is 8.27. The van der Waals surface area contributed by atoms with Crippen LogP contribution in [0.1, 0.15) is 23.7 Å². The van der Waals surface area contributed by atoms with Crippen LogP contribution in [0.2, 0.25) is 0 Å². The van der Waals surface area contributed by atoms with Crippen LogP contribution in [0.25, 0.3) is 0 Å². The van der Waals surface area contributed by atoms with Crippen molar-refractivity contribution >= 4 is 23.1 Å². The second kappa shape index (κ2) is 7.36. The van der Waals surface area contributed by atoms with E-state index in [-0.39, 0.29) is 17.8 Å². The Labute approximate surface area is 154 Å². The van der Waals surface area contributed by atoms with E-state index in [1.165, 1.54) is 0 Å². The van der Waals surface area contributed by atoms with E-state index in [1.54, 1.807) is 36.5 Å². The topological polar surface area (TPSA) is 48.4 Å². The molecule has 1 aliphatic rings. The molecular formula is C16H21F3N6S. The molecule has 2 aromatic rings. The quantitative estimate of drug-likeness (QED) is 0.805. The summed E-state index contributed by atoms with van der Waals surface area (Å²) >= 11 is 1.61. The zero-order valence-corrected chi connectivity index (χ0v) is 15.7. The number of hydrogen-bond acceptors (Lipinski definition) is 7. The van der Waals surface area contributed by atoms with Crippen LogP contribution in [-0.2, 0) is 6.18 Å². The molecule has 0 radical (unpaired) electrons. The molecule has 0 bridgehead atoms. The van der Waals surface area contributed by atoms with Crippen LogP contribution < -0.4 is 9.80 Å². The van der Waals surface area contributed by atoms with Crippen molar-refractivity contribution in [3.8, 4) is 0 Å². The third-order valence-corrected chi connectivity index (χ3v) is 5.35. The molecule has 6 nitrogen and oxygen atoms in total. The van der Waals surface area contributed by atoms with Crippen LogP contribution in [0.5, 0.6) is 0 Å². The summed E-state index contributed by atoms with van der Waals surface area (Å²) in [7, 11) is 3.33. The Hall–Kier alpha value is -1.94. The van der Waals surface area contributed by atoms with Crippen LogP contribution in [0.15, 0.2) is 17.6 Å². The minimum Gasteiger partial charge on any atom is -0.363 e. The standard InChI is InChI=1S/C16H21F3N6S/c1-11(14-20-4-9-26-14)24-5-7-25(8-6-24)15-21-12(16(17,18)19)10-13(22-15)23(2)3/h4,9-11H,5-8H2,1-3H3. The van der Waals surface area contributed by atoms with E-state index in [0.717, 1.165) is 24.2 Å². The first kappa shape index (κ1) is 18.8. The number of alkyl halides is 3. The van der Waals surface area contributed by atoms with Gasteiger partial charge in [0, 0.05) is 57.9 Å². The summed E-state index contributed by atoms with van der Waals surface area (Å²) in [6, 6.07) is 1.17. The van der Waals surface area contributed by atoms with Gasteiger partial charge in [0.05, 0.1) is 6.04 Å².